The first-order chi connectivity index (χ1) is 18.0. The van der Waals surface area contributed by atoms with E-state index in [1.807, 2.05) is 31.2 Å². The minimum Gasteiger partial charge on any atom is -0.507 e. The molecule has 1 atom stereocenters. The number of pyridine rings is 2. The van der Waals surface area contributed by atoms with Crippen molar-refractivity contribution in [2.75, 3.05) is 0 Å². The van der Waals surface area contributed by atoms with Crippen LogP contribution in [0.5, 0.6) is 5.75 Å². The number of hydrogen-bond donors (Lipinski definition) is 1. The molecule has 5 rings (SSSR count). The number of aryl methyl sites for hydroxylation is 1. The van der Waals surface area contributed by atoms with Gasteiger partial charge in [0.15, 0.2) is 0 Å². The van der Waals surface area contributed by atoms with Crippen LogP contribution in [-0.4, -0.2) is 31.7 Å². The highest BCUT2D eigenvalue weighted by molar-refractivity contribution is 6.46. The Labute approximate surface area is 214 Å². The molecule has 0 unspecified atom stereocenters. The van der Waals surface area contributed by atoms with Gasteiger partial charge < -0.3 is 14.7 Å². The molecule has 0 bridgehead atoms. The summed E-state index contributed by atoms with van der Waals surface area (Å²) in [6.45, 7) is 2.61. The number of benzene rings is 2. The zero-order valence-corrected chi connectivity index (χ0v) is 20.2. The Hall–Kier alpha value is -4.78. The minimum atomic E-state index is -0.786. The molecular weight excluding hydrogens is 466 g/mol. The average Bonchev–Trinajstić information content (AvgIpc) is 3.18. The van der Waals surface area contributed by atoms with Gasteiger partial charge in [-0.15, -0.1) is 0 Å². The molecule has 184 valence electrons. The monoisotopic (exact) mass is 491 g/mol. The summed E-state index contributed by atoms with van der Waals surface area (Å²) in [6.07, 6.45) is 6.51. The molecule has 7 heteroatoms. The fourth-order valence-corrected chi connectivity index (χ4v) is 4.45. The second-order valence-electron chi connectivity index (χ2n) is 8.88. The van der Waals surface area contributed by atoms with Crippen LogP contribution in [0, 0.1) is 6.92 Å². The van der Waals surface area contributed by atoms with E-state index in [2.05, 4.69) is 16.0 Å². The van der Waals surface area contributed by atoms with Crippen LogP contribution in [0.15, 0.2) is 103 Å². The van der Waals surface area contributed by atoms with Gasteiger partial charge in [0.05, 0.1) is 11.6 Å². The topological polar surface area (TPSA) is 92.6 Å². The third-order valence-electron chi connectivity index (χ3n) is 6.23. The van der Waals surface area contributed by atoms with Crippen LogP contribution in [0.4, 0.5) is 0 Å². The van der Waals surface area contributed by atoms with Gasteiger partial charge in [-0.25, -0.2) is 0 Å². The number of likely N-dealkylation sites (tertiary alicyclic amines) is 1. The SMILES string of the molecule is Cc1cccc(COc2ccc(C(O)=C3C(=O)C(=O)N(Cc4cccnc4)[C@@H]3c3cccnc3)cc2)c1. The van der Waals surface area contributed by atoms with Crippen molar-refractivity contribution in [1.29, 1.82) is 0 Å². The number of aromatic nitrogens is 2. The van der Waals surface area contributed by atoms with Crippen LogP contribution in [0.3, 0.4) is 0 Å². The van der Waals surface area contributed by atoms with Gasteiger partial charge in [0.25, 0.3) is 11.7 Å². The summed E-state index contributed by atoms with van der Waals surface area (Å²) in [4.78, 5) is 36.0. The molecule has 0 radical (unpaired) electrons. The number of aliphatic hydroxyl groups excluding tert-OH is 1. The highest BCUT2D eigenvalue weighted by Gasteiger charge is 2.46. The molecule has 37 heavy (non-hydrogen) atoms. The van der Waals surface area contributed by atoms with Crippen LogP contribution in [-0.2, 0) is 22.7 Å². The Kier molecular flexibility index (Phi) is 6.76. The Morgan fingerprint density at radius 2 is 1.65 bits per heavy atom. The van der Waals surface area contributed by atoms with E-state index >= 15 is 0 Å². The van der Waals surface area contributed by atoms with E-state index in [1.165, 1.54) is 4.90 Å². The van der Waals surface area contributed by atoms with Crippen molar-refractivity contribution in [1.82, 2.24) is 14.9 Å². The van der Waals surface area contributed by atoms with E-state index in [-0.39, 0.29) is 17.9 Å². The summed E-state index contributed by atoms with van der Waals surface area (Å²) in [5.41, 5.74) is 4.05. The maximum Gasteiger partial charge on any atom is 0.295 e. The molecule has 3 heterocycles. The van der Waals surface area contributed by atoms with Gasteiger partial charge in [-0.05, 0) is 60.0 Å². The Morgan fingerprint density at radius 3 is 2.32 bits per heavy atom. The van der Waals surface area contributed by atoms with Gasteiger partial charge in [0, 0.05) is 36.9 Å². The van der Waals surface area contributed by atoms with Crippen LogP contribution >= 0.6 is 0 Å². The van der Waals surface area contributed by atoms with Crippen molar-refractivity contribution in [2.45, 2.75) is 26.1 Å². The minimum absolute atomic E-state index is 0.0234. The summed E-state index contributed by atoms with van der Waals surface area (Å²) in [5.74, 6) is -1.04. The highest BCUT2D eigenvalue weighted by Crippen LogP contribution is 2.40. The zero-order valence-electron chi connectivity index (χ0n) is 20.2. The van der Waals surface area contributed by atoms with Crippen LogP contribution in [0.25, 0.3) is 5.76 Å². The maximum absolute atomic E-state index is 13.2. The van der Waals surface area contributed by atoms with Gasteiger partial charge in [-0.1, -0.05) is 42.0 Å². The normalized spacial score (nSPS) is 16.7. The highest BCUT2D eigenvalue weighted by atomic mass is 16.5. The molecule has 1 aliphatic rings. The van der Waals surface area contributed by atoms with E-state index in [1.54, 1.807) is 67.3 Å². The number of hydrogen-bond acceptors (Lipinski definition) is 6. The summed E-state index contributed by atoms with van der Waals surface area (Å²) in [5, 5.41) is 11.3. The fraction of sp³-hybridized carbons (Fsp3) is 0.133. The van der Waals surface area contributed by atoms with E-state index in [0.29, 0.717) is 23.5 Å². The lowest BCUT2D eigenvalue weighted by molar-refractivity contribution is -0.140. The molecule has 1 saturated heterocycles. The molecule has 0 aliphatic carbocycles. The molecule has 2 aromatic carbocycles. The molecule has 1 N–H and O–H groups in total. The molecule has 4 aromatic rings. The number of carbonyl (C=O) groups excluding carboxylic acids is 2. The quantitative estimate of drug-likeness (QED) is 0.223. The molecule has 2 aromatic heterocycles. The first-order valence-corrected chi connectivity index (χ1v) is 11.9. The van der Waals surface area contributed by atoms with E-state index in [4.69, 9.17) is 4.74 Å². The number of ether oxygens (including phenoxy) is 1. The third kappa shape index (κ3) is 5.11. The molecule has 1 amide bonds. The molecule has 1 aliphatic heterocycles. The van der Waals surface area contributed by atoms with Crippen LogP contribution in [0.2, 0.25) is 0 Å². The first-order valence-electron chi connectivity index (χ1n) is 11.9. The van der Waals surface area contributed by atoms with Crippen molar-refractivity contribution in [2.24, 2.45) is 0 Å². The predicted octanol–water partition coefficient (Wildman–Crippen LogP) is 4.99. The fourth-order valence-electron chi connectivity index (χ4n) is 4.45. The number of Topliss-reactive ketones (excluding diaryl/α,β-unsaturated/α-hetero) is 1. The molecule has 1 fully saturated rings. The van der Waals surface area contributed by atoms with Gasteiger partial charge in [-0.3, -0.25) is 19.6 Å². The van der Waals surface area contributed by atoms with Crippen molar-refractivity contribution >= 4 is 17.4 Å². The second kappa shape index (κ2) is 10.5. The number of ketones is 1. The smallest absolute Gasteiger partial charge is 0.295 e. The summed E-state index contributed by atoms with van der Waals surface area (Å²) in [7, 11) is 0. The van der Waals surface area contributed by atoms with E-state index < -0.39 is 17.7 Å². The zero-order chi connectivity index (χ0) is 25.8. The Balaban J connectivity index is 1.45. The number of nitrogens with zero attached hydrogens (tertiary/aromatic N) is 3. The van der Waals surface area contributed by atoms with Crippen LogP contribution in [0.1, 0.15) is 33.9 Å². The lowest BCUT2D eigenvalue weighted by Gasteiger charge is -2.25. The number of amides is 1. The van der Waals surface area contributed by atoms with Gasteiger partial charge in [-0.2, -0.15) is 0 Å². The summed E-state index contributed by atoms with van der Waals surface area (Å²) >= 11 is 0. The Bertz CT molecular complexity index is 1450. The van der Waals surface area contributed by atoms with Crippen molar-refractivity contribution in [3.8, 4) is 5.75 Å². The lowest BCUT2D eigenvalue weighted by Crippen LogP contribution is -2.29. The molecule has 0 spiro atoms. The maximum atomic E-state index is 13.2. The number of rotatable bonds is 7. The van der Waals surface area contributed by atoms with Gasteiger partial charge in [0.1, 0.15) is 18.1 Å². The van der Waals surface area contributed by atoms with Gasteiger partial charge >= 0.3 is 0 Å². The van der Waals surface area contributed by atoms with Gasteiger partial charge in [0.2, 0.25) is 0 Å². The third-order valence-corrected chi connectivity index (χ3v) is 6.23. The molecule has 0 saturated carbocycles. The largest absolute Gasteiger partial charge is 0.507 e. The van der Waals surface area contributed by atoms with E-state index in [9.17, 15) is 14.7 Å². The molecular formula is C30H25N3O4. The van der Waals surface area contributed by atoms with Crippen molar-refractivity contribution in [3.05, 3.63) is 131 Å². The Morgan fingerprint density at radius 1 is 0.919 bits per heavy atom. The number of carbonyl (C=O) groups is 2. The average molecular weight is 492 g/mol. The van der Waals surface area contributed by atoms with Crippen LogP contribution < -0.4 is 4.74 Å². The van der Waals surface area contributed by atoms with E-state index in [0.717, 1.165) is 16.7 Å². The predicted molar refractivity (Wildman–Crippen MR) is 138 cm³/mol. The summed E-state index contributed by atoms with van der Waals surface area (Å²) < 4.78 is 5.88. The number of aliphatic hydroxyl groups is 1. The second-order valence-corrected chi connectivity index (χ2v) is 8.88. The standard InChI is InChI=1S/C30H25N3O4/c1-20-5-2-6-21(15-20)19-37-25-11-9-23(10-12-25)28(34)26-27(24-8-4-14-32-17-24)33(30(36)29(26)35)18-22-7-3-13-31-16-22/h2-17,27,34H,18-19H2,1H3/t27-/m1/s1. The van der Waals surface area contributed by atoms with Crippen molar-refractivity contribution < 1.29 is 19.4 Å². The lowest BCUT2D eigenvalue weighted by atomic mass is 9.96. The summed E-state index contributed by atoms with van der Waals surface area (Å²) in [6, 6.07) is 21.2. The van der Waals surface area contributed by atoms with Crippen molar-refractivity contribution in [3.63, 3.8) is 0 Å². The molecule has 7 nitrogen and oxygen atoms in total. The first kappa shape index (κ1) is 23.9.